The average Bonchev–Trinajstić information content (AvgIpc) is 3.64. The number of carbonyl (C=O) groups is 2. The predicted octanol–water partition coefficient (Wildman–Crippen LogP) is 5.83. The third-order valence-electron chi connectivity index (χ3n) is 6.69. The molecule has 0 aliphatic rings. The van der Waals surface area contributed by atoms with Crippen molar-refractivity contribution in [3.8, 4) is 17.1 Å². The number of ether oxygens (including phenoxy) is 3. The zero-order chi connectivity index (χ0) is 35.1. The number of aromatic nitrogens is 2. The maximum atomic E-state index is 13.2. The second kappa shape index (κ2) is 18.5. The first-order valence-electron chi connectivity index (χ1n) is 15.3. The predicted molar refractivity (Wildman–Crippen MR) is 180 cm³/mol. The molecule has 3 aromatic carbocycles. The van der Waals surface area contributed by atoms with Crippen molar-refractivity contribution in [2.75, 3.05) is 20.3 Å². The van der Waals surface area contributed by atoms with Gasteiger partial charge in [-0.3, -0.25) is 9.36 Å². The maximum Gasteiger partial charge on any atom is 0.519 e. The number of benzene rings is 3. The summed E-state index contributed by atoms with van der Waals surface area (Å²) in [6.07, 6.45) is 0. The van der Waals surface area contributed by atoms with Crippen molar-refractivity contribution < 1.29 is 37.5 Å². The van der Waals surface area contributed by atoms with Crippen molar-refractivity contribution >= 4 is 29.3 Å². The number of nitrogens with zero attached hydrogens (tertiary/aromatic N) is 3. The van der Waals surface area contributed by atoms with Crippen LogP contribution in [0.5, 0.6) is 6.01 Å². The number of hydrogen-bond acceptors (Lipinski definition) is 11. The highest BCUT2D eigenvalue weighted by Gasteiger charge is 2.21. The standard InChI is InChI=1S/C30H26N4O8.C3H8O.C2H6/c1-3-38-29-32-24-10-6-9-23(28(36)39-16-25-18(2)41-30(37)42-25)26(24)34(29)15-19-11-13-20(14-12-19)21-7-4-5-8-22(21)27(31)33-40-17-35;1-3-4-2;1-2/h4-14,17H,3,15-16H2,1-2H3,(H2,31,33);3H2,1-2H3;1-2H3. The Morgan fingerprint density at radius 1 is 0.979 bits per heavy atom. The number of carbonyl (C=O) groups excluding carboxylic acids is 2. The number of para-hydroxylation sites is 1. The summed E-state index contributed by atoms with van der Waals surface area (Å²) in [6, 6.07) is 20.6. The summed E-state index contributed by atoms with van der Waals surface area (Å²) in [4.78, 5) is 44.1. The lowest BCUT2D eigenvalue weighted by Gasteiger charge is -2.13. The Labute approximate surface area is 277 Å². The van der Waals surface area contributed by atoms with E-state index in [1.807, 2.05) is 74.7 Å². The monoisotopic (exact) mass is 660 g/mol. The van der Waals surface area contributed by atoms with Crippen molar-refractivity contribution in [3.63, 3.8) is 0 Å². The number of nitrogens with two attached hydrogens (primary N) is 1. The fraction of sp³-hybridized carbons (Fsp3) is 0.286. The van der Waals surface area contributed by atoms with E-state index < -0.39 is 11.8 Å². The molecule has 0 fully saturated rings. The molecule has 0 spiro atoms. The van der Waals surface area contributed by atoms with Gasteiger partial charge in [0.05, 0.1) is 29.7 Å². The van der Waals surface area contributed by atoms with Crippen LogP contribution in [0.4, 0.5) is 0 Å². The lowest BCUT2D eigenvalue weighted by atomic mass is 9.98. The number of aryl methyl sites for hydroxylation is 1. The molecule has 13 nitrogen and oxygen atoms in total. The summed E-state index contributed by atoms with van der Waals surface area (Å²) < 4.78 is 27.4. The first-order chi connectivity index (χ1) is 23.3. The molecule has 0 saturated carbocycles. The van der Waals surface area contributed by atoms with E-state index in [0.717, 1.165) is 23.3 Å². The SMILES string of the molecule is CC.CCOC.CCOc1nc2cccc(C(=O)OCc3oc(=O)oc3C)c2n1Cc1ccc(-c2ccccc2/C(N)=N/OC=O)cc1. The zero-order valence-corrected chi connectivity index (χ0v) is 27.8. The largest absolute Gasteiger partial charge is 0.519 e. The van der Waals surface area contributed by atoms with E-state index in [4.69, 9.17) is 24.0 Å². The van der Waals surface area contributed by atoms with Gasteiger partial charge < -0.3 is 33.6 Å². The maximum absolute atomic E-state index is 13.2. The summed E-state index contributed by atoms with van der Waals surface area (Å²) >= 11 is 0. The topological polar surface area (TPSA) is 171 Å². The summed E-state index contributed by atoms with van der Waals surface area (Å²) in [6.45, 7) is 10.8. The van der Waals surface area contributed by atoms with Crippen molar-refractivity contribution in [3.05, 3.63) is 106 Å². The van der Waals surface area contributed by atoms with E-state index in [0.29, 0.717) is 35.8 Å². The number of oxime groups is 1. The molecule has 48 heavy (non-hydrogen) atoms. The average molecular weight is 661 g/mol. The van der Waals surface area contributed by atoms with Gasteiger partial charge in [0.2, 0.25) is 0 Å². The molecule has 0 aliphatic heterocycles. The number of methoxy groups -OCH3 is 1. The minimum atomic E-state index is -0.863. The highest BCUT2D eigenvalue weighted by Crippen LogP contribution is 2.29. The van der Waals surface area contributed by atoms with E-state index >= 15 is 0 Å². The van der Waals surface area contributed by atoms with Gasteiger partial charge >= 0.3 is 18.3 Å². The minimum absolute atomic E-state index is 0.0671. The lowest BCUT2D eigenvalue weighted by molar-refractivity contribution is -0.128. The van der Waals surface area contributed by atoms with Crippen molar-refractivity contribution in [2.45, 2.75) is 47.8 Å². The third kappa shape index (κ3) is 9.19. The van der Waals surface area contributed by atoms with Crippen molar-refractivity contribution in [1.82, 2.24) is 9.55 Å². The van der Waals surface area contributed by atoms with Crippen molar-refractivity contribution in [2.24, 2.45) is 10.9 Å². The summed E-state index contributed by atoms with van der Waals surface area (Å²) in [7, 11) is 1.68. The first-order valence-corrected chi connectivity index (χ1v) is 15.3. The Balaban J connectivity index is 0.000000970. The Morgan fingerprint density at radius 2 is 1.67 bits per heavy atom. The van der Waals surface area contributed by atoms with Gasteiger partial charge in [0, 0.05) is 19.3 Å². The lowest BCUT2D eigenvalue weighted by Crippen LogP contribution is -2.15. The number of esters is 1. The molecule has 0 radical (unpaired) electrons. The van der Waals surface area contributed by atoms with Gasteiger partial charge in [-0.25, -0.2) is 9.59 Å². The zero-order valence-electron chi connectivity index (χ0n) is 27.8. The number of hydrogen-bond donors (Lipinski definition) is 1. The fourth-order valence-corrected chi connectivity index (χ4v) is 4.49. The van der Waals surface area contributed by atoms with Gasteiger partial charge in [-0.1, -0.05) is 73.6 Å². The number of rotatable bonds is 12. The van der Waals surface area contributed by atoms with E-state index in [2.05, 4.69) is 19.7 Å². The highest BCUT2D eigenvalue weighted by atomic mass is 16.7. The van der Waals surface area contributed by atoms with Crippen LogP contribution in [0.1, 0.15) is 60.7 Å². The van der Waals surface area contributed by atoms with Gasteiger partial charge in [-0.05, 0) is 49.6 Å². The fourth-order valence-electron chi connectivity index (χ4n) is 4.49. The van der Waals surface area contributed by atoms with Crippen molar-refractivity contribution in [1.29, 1.82) is 0 Å². The van der Waals surface area contributed by atoms with E-state index in [9.17, 15) is 14.4 Å². The van der Waals surface area contributed by atoms with Crippen LogP contribution < -0.4 is 16.3 Å². The number of fused-ring (bicyclic) bond motifs is 1. The molecule has 2 aromatic heterocycles. The third-order valence-corrected chi connectivity index (χ3v) is 6.69. The second-order valence-electron chi connectivity index (χ2n) is 9.59. The Morgan fingerprint density at radius 3 is 2.29 bits per heavy atom. The van der Waals surface area contributed by atoms with Crippen LogP contribution in [0.25, 0.3) is 22.2 Å². The minimum Gasteiger partial charge on any atom is -0.465 e. The summed E-state index contributed by atoms with van der Waals surface area (Å²) in [5, 5.41) is 3.62. The van der Waals surface area contributed by atoms with Gasteiger partial charge in [-0.15, -0.1) is 0 Å². The summed E-state index contributed by atoms with van der Waals surface area (Å²) in [5.41, 5.74) is 10.6. The highest BCUT2D eigenvalue weighted by molar-refractivity contribution is 6.03. The van der Waals surface area contributed by atoms with Crippen LogP contribution in [-0.4, -0.2) is 48.2 Å². The van der Waals surface area contributed by atoms with Gasteiger partial charge in [-0.2, -0.15) is 4.98 Å². The van der Waals surface area contributed by atoms with Crippen LogP contribution in [-0.2, 0) is 32.3 Å². The Kier molecular flexibility index (Phi) is 14.1. The van der Waals surface area contributed by atoms with Crippen LogP contribution in [0.2, 0.25) is 0 Å². The first kappa shape index (κ1) is 36.8. The molecular weight excluding hydrogens is 620 g/mol. The number of amidine groups is 1. The van der Waals surface area contributed by atoms with Gasteiger partial charge in [0.15, 0.2) is 24.0 Å². The molecule has 0 bridgehead atoms. The second-order valence-corrected chi connectivity index (χ2v) is 9.59. The molecule has 2 heterocycles. The molecule has 0 atom stereocenters. The van der Waals surface area contributed by atoms with Crippen LogP contribution in [0.15, 0.2) is 85.5 Å². The van der Waals surface area contributed by atoms with E-state index in [-0.39, 0.29) is 36.0 Å². The van der Waals surface area contributed by atoms with Gasteiger partial charge in [0.1, 0.15) is 0 Å². The molecule has 0 saturated heterocycles. The molecule has 2 N–H and O–H groups in total. The molecule has 5 rings (SSSR count). The smallest absolute Gasteiger partial charge is 0.465 e. The van der Waals surface area contributed by atoms with E-state index in [1.54, 1.807) is 38.3 Å². The summed E-state index contributed by atoms with van der Waals surface area (Å²) in [5.74, 6) is -1.05. The molecule has 5 aromatic rings. The van der Waals surface area contributed by atoms with Crippen LogP contribution >= 0.6 is 0 Å². The molecule has 0 amide bonds. The normalized spacial score (nSPS) is 10.8. The Bertz CT molecular complexity index is 1870. The van der Waals surface area contributed by atoms with Crippen LogP contribution in [0, 0.1) is 6.92 Å². The Hall–Kier alpha value is -5.69. The molecular formula is C35H40N4O9. The quantitative estimate of drug-likeness (QED) is 0.0426. The van der Waals surface area contributed by atoms with Crippen LogP contribution in [0.3, 0.4) is 0 Å². The van der Waals surface area contributed by atoms with Gasteiger partial charge in [0.25, 0.3) is 6.01 Å². The number of imidazole rings is 1. The molecule has 0 unspecified atom stereocenters. The van der Waals surface area contributed by atoms with E-state index in [1.165, 1.54) is 0 Å². The molecule has 254 valence electrons. The molecule has 0 aliphatic carbocycles. The molecule has 13 heteroatoms.